The highest BCUT2D eigenvalue weighted by molar-refractivity contribution is 8.00. The standard InChI is InChI=1S/C17H28N2O2S2/c1-23(20,21)16-8-4-13(5-9-16)17-12-18-11-14(19-17)6-7-15-3-2-10-22-15/h13-19H,2-5,8-12H2,1H3. The second kappa shape index (κ2) is 7.77. The summed E-state index contributed by atoms with van der Waals surface area (Å²) in [5.74, 6) is 8.69. The van der Waals surface area contributed by atoms with Crippen LogP contribution in [0.3, 0.4) is 0 Å². The molecule has 2 N–H and O–H groups in total. The minimum atomic E-state index is -2.87. The highest BCUT2D eigenvalue weighted by Gasteiger charge is 2.33. The van der Waals surface area contributed by atoms with E-state index in [4.69, 9.17) is 0 Å². The van der Waals surface area contributed by atoms with Gasteiger partial charge in [0.05, 0.1) is 16.5 Å². The number of rotatable bonds is 2. The minimum Gasteiger partial charge on any atom is -0.313 e. The molecular weight excluding hydrogens is 328 g/mol. The van der Waals surface area contributed by atoms with Crippen LogP contribution in [0.5, 0.6) is 0 Å². The SMILES string of the molecule is CS(=O)(=O)C1CCC(C2CNCC(C#CC3CCCS3)N2)CC1. The van der Waals surface area contributed by atoms with E-state index in [1.165, 1.54) is 24.9 Å². The Bertz CT molecular complexity index is 553. The number of thioether (sulfide) groups is 1. The van der Waals surface area contributed by atoms with Crippen molar-refractivity contribution in [3.63, 3.8) is 0 Å². The second-order valence-corrected chi connectivity index (χ2v) is 10.8. The van der Waals surface area contributed by atoms with Crippen LogP contribution in [0.15, 0.2) is 0 Å². The highest BCUT2D eigenvalue weighted by atomic mass is 32.2. The third-order valence-electron chi connectivity index (χ3n) is 5.37. The van der Waals surface area contributed by atoms with Crippen LogP contribution in [0.4, 0.5) is 0 Å². The minimum absolute atomic E-state index is 0.120. The van der Waals surface area contributed by atoms with Crippen LogP contribution in [0.1, 0.15) is 38.5 Å². The number of hydrogen-bond acceptors (Lipinski definition) is 5. The fourth-order valence-corrected chi connectivity index (χ4v) is 6.19. The zero-order valence-corrected chi connectivity index (χ0v) is 15.5. The molecule has 2 aliphatic heterocycles. The van der Waals surface area contributed by atoms with Gasteiger partial charge in [-0.25, -0.2) is 8.42 Å². The largest absolute Gasteiger partial charge is 0.313 e. The van der Waals surface area contributed by atoms with E-state index in [9.17, 15) is 8.42 Å². The molecule has 0 radical (unpaired) electrons. The van der Waals surface area contributed by atoms with E-state index in [-0.39, 0.29) is 11.3 Å². The topological polar surface area (TPSA) is 58.2 Å². The Morgan fingerprint density at radius 3 is 2.48 bits per heavy atom. The van der Waals surface area contributed by atoms with E-state index in [2.05, 4.69) is 22.5 Å². The third kappa shape index (κ3) is 4.88. The van der Waals surface area contributed by atoms with Gasteiger partial charge in [-0.15, -0.1) is 11.8 Å². The van der Waals surface area contributed by atoms with Crippen molar-refractivity contribution in [1.29, 1.82) is 0 Å². The lowest BCUT2D eigenvalue weighted by atomic mass is 9.82. The Morgan fingerprint density at radius 1 is 1.04 bits per heavy atom. The molecule has 2 heterocycles. The van der Waals surface area contributed by atoms with Gasteiger partial charge in [-0.1, -0.05) is 11.8 Å². The molecular formula is C17H28N2O2S2. The molecule has 3 unspecified atom stereocenters. The van der Waals surface area contributed by atoms with Crippen molar-refractivity contribution in [3.05, 3.63) is 0 Å². The molecule has 0 bridgehead atoms. The molecule has 0 aromatic carbocycles. The summed E-state index contributed by atoms with van der Waals surface area (Å²) in [5, 5.41) is 7.62. The van der Waals surface area contributed by atoms with Crippen molar-refractivity contribution < 1.29 is 8.42 Å². The normalized spacial score (nSPS) is 38.7. The molecule has 3 atom stereocenters. The smallest absolute Gasteiger partial charge is 0.150 e. The van der Waals surface area contributed by atoms with Crippen LogP contribution < -0.4 is 10.6 Å². The van der Waals surface area contributed by atoms with Crippen molar-refractivity contribution in [2.75, 3.05) is 25.1 Å². The van der Waals surface area contributed by atoms with Gasteiger partial charge in [-0.05, 0) is 50.2 Å². The number of nitrogens with one attached hydrogen (secondary N) is 2. The maximum absolute atomic E-state index is 11.7. The number of sulfone groups is 1. The van der Waals surface area contributed by atoms with Crippen LogP contribution in [-0.4, -0.2) is 56.1 Å². The lowest BCUT2D eigenvalue weighted by molar-refractivity contribution is 0.232. The van der Waals surface area contributed by atoms with Gasteiger partial charge in [-0.2, -0.15) is 0 Å². The molecule has 6 heteroatoms. The maximum atomic E-state index is 11.7. The van der Waals surface area contributed by atoms with Crippen LogP contribution in [0.25, 0.3) is 0 Å². The molecule has 0 aromatic rings. The van der Waals surface area contributed by atoms with Gasteiger partial charge in [0, 0.05) is 25.4 Å². The van der Waals surface area contributed by atoms with Crippen molar-refractivity contribution in [3.8, 4) is 11.8 Å². The zero-order valence-electron chi connectivity index (χ0n) is 13.9. The average molecular weight is 357 g/mol. The Kier molecular flexibility index (Phi) is 5.95. The molecule has 3 rings (SSSR count). The summed E-state index contributed by atoms with van der Waals surface area (Å²) in [6.07, 6.45) is 7.56. The number of hydrogen-bond donors (Lipinski definition) is 2. The molecule has 130 valence electrons. The first-order valence-corrected chi connectivity index (χ1v) is 11.8. The number of piperazine rings is 1. The third-order valence-corrected chi connectivity index (χ3v) is 8.33. The first-order valence-electron chi connectivity index (χ1n) is 8.80. The van der Waals surface area contributed by atoms with Crippen molar-refractivity contribution in [2.24, 2.45) is 5.92 Å². The summed E-state index contributed by atoms with van der Waals surface area (Å²) in [6, 6.07) is 0.669. The van der Waals surface area contributed by atoms with Gasteiger partial charge in [0.2, 0.25) is 0 Å². The highest BCUT2D eigenvalue weighted by Crippen LogP contribution is 2.31. The summed E-state index contributed by atoms with van der Waals surface area (Å²) in [5.41, 5.74) is 0. The molecule has 4 nitrogen and oxygen atoms in total. The maximum Gasteiger partial charge on any atom is 0.150 e. The van der Waals surface area contributed by atoms with Crippen molar-refractivity contribution in [2.45, 2.75) is 61.1 Å². The molecule has 1 aliphatic carbocycles. The van der Waals surface area contributed by atoms with E-state index in [0.717, 1.165) is 38.8 Å². The predicted octanol–water partition coefficient (Wildman–Crippen LogP) is 1.42. The average Bonchev–Trinajstić information content (AvgIpc) is 3.06. The van der Waals surface area contributed by atoms with Gasteiger partial charge in [0.25, 0.3) is 0 Å². The molecule has 3 aliphatic rings. The molecule has 2 saturated heterocycles. The van der Waals surface area contributed by atoms with Crippen LogP contribution in [0.2, 0.25) is 0 Å². The summed E-state index contributed by atoms with van der Waals surface area (Å²) in [4.78, 5) is 0. The lowest BCUT2D eigenvalue weighted by Gasteiger charge is -2.38. The van der Waals surface area contributed by atoms with Gasteiger partial charge >= 0.3 is 0 Å². The van der Waals surface area contributed by atoms with Crippen molar-refractivity contribution in [1.82, 2.24) is 10.6 Å². The van der Waals surface area contributed by atoms with E-state index in [1.54, 1.807) is 0 Å². The first-order chi connectivity index (χ1) is 11.0. The summed E-state index contributed by atoms with van der Waals surface area (Å²) in [6.45, 7) is 1.89. The summed E-state index contributed by atoms with van der Waals surface area (Å²) in [7, 11) is -2.87. The Balaban J connectivity index is 1.51. The summed E-state index contributed by atoms with van der Waals surface area (Å²) >= 11 is 1.98. The van der Waals surface area contributed by atoms with Crippen LogP contribution >= 0.6 is 11.8 Å². The Morgan fingerprint density at radius 2 is 1.83 bits per heavy atom. The molecule has 0 spiro atoms. The van der Waals surface area contributed by atoms with E-state index in [0.29, 0.717) is 17.2 Å². The first kappa shape index (κ1) is 17.6. The fourth-order valence-electron chi connectivity index (χ4n) is 3.96. The molecule has 1 saturated carbocycles. The van der Waals surface area contributed by atoms with Crippen LogP contribution in [0, 0.1) is 17.8 Å². The quantitative estimate of drug-likeness (QED) is 0.733. The lowest BCUT2D eigenvalue weighted by Crippen LogP contribution is -2.57. The summed E-state index contributed by atoms with van der Waals surface area (Å²) < 4.78 is 23.4. The van der Waals surface area contributed by atoms with E-state index < -0.39 is 9.84 Å². The Hall–Kier alpha value is -0.220. The Labute approximate surface area is 144 Å². The second-order valence-electron chi connectivity index (χ2n) is 7.14. The van der Waals surface area contributed by atoms with Crippen molar-refractivity contribution >= 4 is 21.6 Å². The van der Waals surface area contributed by atoms with Gasteiger partial charge < -0.3 is 5.32 Å². The molecule has 0 aromatic heterocycles. The zero-order chi connectivity index (χ0) is 16.3. The van der Waals surface area contributed by atoms with Crippen LogP contribution in [-0.2, 0) is 9.84 Å². The van der Waals surface area contributed by atoms with Gasteiger partial charge in [-0.3, -0.25) is 5.32 Å². The monoisotopic (exact) mass is 356 g/mol. The fraction of sp³-hybridized carbons (Fsp3) is 0.882. The molecule has 3 fully saturated rings. The molecule has 23 heavy (non-hydrogen) atoms. The van der Waals surface area contributed by atoms with Gasteiger partial charge in [0.1, 0.15) is 9.84 Å². The van der Waals surface area contributed by atoms with E-state index in [1.807, 2.05) is 11.8 Å². The van der Waals surface area contributed by atoms with Gasteiger partial charge in [0.15, 0.2) is 0 Å². The van der Waals surface area contributed by atoms with E-state index >= 15 is 0 Å². The predicted molar refractivity (Wildman–Crippen MR) is 97.4 cm³/mol. The molecule has 0 amide bonds.